The molecule has 3 heteroatoms. The molecule has 0 amide bonds. The number of ether oxygens (including phenoxy) is 1. The van der Waals surface area contributed by atoms with Crippen LogP contribution in [0.5, 0.6) is 5.75 Å². The van der Waals surface area contributed by atoms with Crippen LogP contribution in [0.2, 0.25) is 10.0 Å². The molecule has 1 aromatic rings. The molecular weight excluding hydrogens is 267 g/mol. The van der Waals surface area contributed by atoms with Crippen molar-refractivity contribution in [3.8, 4) is 5.75 Å². The molecule has 98 valence electrons. The first-order chi connectivity index (χ1) is 8.75. The Balaban J connectivity index is 1.81. The lowest BCUT2D eigenvalue weighted by Crippen LogP contribution is -2.32. The molecule has 0 spiro atoms. The van der Waals surface area contributed by atoms with Gasteiger partial charge in [-0.1, -0.05) is 48.5 Å². The number of halogens is 2. The van der Waals surface area contributed by atoms with Crippen LogP contribution >= 0.6 is 23.2 Å². The van der Waals surface area contributed by atoms with Crippen molar-refractivity contribution in [1.29, 1.82) is 0 Å². The minimum atomic E-state index is 0.341. The third-order valence-electron chi connectivity index (χ3n) is 4.27. The number of hydrogen-bond acceptors (Lipinski definition) is 1. The highest BCUT2D eigenvalue weighted by molar-refractivity contribution is 6.43. The van der Waals surface area contributed by atoms with Gasteiger partial charge in [0.05, 0.1) is 5.02 Å². The minimum Gasteiger partial charge on any atom is -0.488 e. The Morgan fingerprint density at radius 2 is 1.78 bits per heavy atom. The molecule has 3 rings (SSSR count). The Morgan fingerprint density at radius 3 is 2.56 bits per heavy atom. The van der Waals surface area contributed by atoms with Crippen molar-refractivity contribution in [3.05, 3.63) is 27.7 Å². The van der Waals surface area contributed by atoms with Crippen molar-refractivity contribution in [2.45, 2.75) is 51.0 Å². The van der Waals surface area contributed by atoms with Crippen LogP contribution in [-0.4, -0.2) is 6.10 Å². The smallest absolute Gasteiger partial charge is 0.143 e. The van der Waals surface area contributed by atoms with E-state index in [0.717, 1.165) is 18.6 Å². The molecule has 1 unspecified atom stereocenters. The van der Waals surface area contributed by atoms with E-state index in [4.69, 9.17) is 27.9 Å². The normalized spacial score (nSPS) is 24.4. The number of fused-ring (bicyclic) bond motifs is 1. The maximum Gasteiger partial charge on any atom is 0.143 e. The minimum absolute atomic E-state index is 0.341. The van der Waals surface area contributed by atoms with Crippen molar-refractivity contribution in [3.63, 3.8) is 0 Å². The van der Waals surface area contributed by atoms with Gasteiger partial charge in [0.2, 0.25) is 0 Å². The lowest BCUT2D eigenvalue weighted by molar-refractivity contribution is 0.0881. The van der Waals surface area contributed by atoms with Gasteiger partial charge in [-0.25, -0.2) is 0 Å². The average molecular weight is 285 g/mol. The van der Waals surface area contributed by atoms with E-state index in [1.54, 1.807) is 0 Å². The zero-order valence-corrected chi connectivity index (χ0v) is 11.9. The third-order valence-corrected chi connectivity index (χ3v) is 5.06. The second-order valence-corrected chi connectivity index (χ2v) is 6.23. The highest BCUT2D eigenvalue weighted by Crippen LogP contribution is 2.42. The predicted molar refractivity (Wildman–Crippen MR) is 75.8 cm³/mol. The van der Waals surface area contributed by atoms with Crippen LogP contribution in [0.4, 0.5) is 0 Å². The fraction of sp³-hybridized carbons (Fsp3) is 0.600. The van der Waals surface area contributed by atoms with Gasteiger partial charge in [-0.15, -0.1) is 0 Å². The van der Waals surface area contributed by atoms with Gasteiger partial charge in [-0.05, 0) is 43.2 Å². The number of aryl methyl sites for hydroxylation is 1. The van der Waals surface area contributed by atoms with E-state index in [2.05, 4.69) is 0 Å². The highest BCUT2D eigenvalue weighted by atomic mass is 35.5. The molecule has 0 bridgehead atoms. The Labute approximate surface area is 118 Å². The number of benzene rings is 1. The van der Waals surface area contributed by atoms with Crippen LogP contribution in [0.1, 0.15) is 44.1 Å². The summed E-state index contributed by atoms with van der Waals surface area (Å²) in [6, 6.07) is 3.91. The zero-order chi connectivity index (χ0) is 12.5. The second-order valence-electron chi connectivity index (χ2n) is 5.44. The largest absolute Gasteiger partial charge is 0.488 e. The maximum absolute atomic E-state index is 6.26. The molecule has 1 nitrogen and oxygen atoms in total. The summed E-state index contributed by atoms with van der Waals surface area (Å²) in [5, 5.41) is 1.19. The van der Waals surface area contributed by atoms with E-state index in [1.165, 1.54) is 37.7 Å². The summed E-state index contributed by atoms with van der Waals surface area (Å²) in [4.78, 5) is 0. The Morgan fingerprint density at radius 1 is 1.00 bits per heavy atom. The van der Waals surface area contributed by atoms with Crippen molar-refractivity contribution < 1.29 is 4.74 Å². The summed E-state index contributed by atoms with van der Waals surface area (Å²) in [6.45, 7) is 0. The van der Waals surface area contributed by atoms with E-state index >= 15 is 0 Å². The van der Waals surface area contributed by atoms with Crippen LogP contribution in [0.3, 0.4) is 0 Å². The van der Waals surface area contributed by atoms with Crippen molar-refractivity contribution in [2.75, 3.05) is 0 Å². The molecule has 2 aliphatic rings. The van der Waals surface area contributed by atoms with Gasteiger partial charge >= 0.3 is 0 Å². The predicted octanol–water partition coefficient (Wildman–Crippen LogP) is 5.27. The summed E-state index contributed by atoms with van der Waals surface area (Å²) in [5.41, 5.74) is 1.21. The quantitative estimate of drug-likeness (QED) is 0.683. The maximum atomic E-state index is 6.26. The van der Waals surface area contributed by atoms with Crippen LogP contribution in [-0.2, 0) is 6.42 Å². The fourth-order valence-corrected chi connectivity index (χ4v) is 3.62. The second kappa shape index (κ2) is 5.30. The average Bonchev–Trinajstić information content (AvgIpc) is 2.44. The lowest BCUT2D eigenvalue weighted by atomic mass is 9.82. The molecule has 18 heavy (non-hydrogen) atoms. The lowest BCUT2D eigenvalue weighted by Gasteiger charge is -2.34. The van der Waals surface area contributed by atoms with E-state index in [9.17, 15) is 0 Å². The molecule has 1 aromatic carbocycles. The van der Waals surface area contributed by atoms with E-state index < -0.39 is 0 Å². The van der Waals surface area contributed by atoms with Crippen LogP contribution in [0.15, 0.2) is 12.1 Å². The van der Waals surface area contributed by atoms with Gasteiger partial charge in [0.15, 0.2) is 0 Å². The van der Waals surface area contributed by atoms with E-state index in [1.807, 2.05) is 12.1 Å². The highest BCUT2D eigenvalue weighted by Gasteiger charge is 2.30. The summed E-state index contributed by atoms with van der Waals surface area (Å²) in [6.07, 6.45) is 9.21. The molecule has 1 fully saturated rings. The Hall–Kier alpha value is -0.400. The molecule has 1 aliphatic carbocycles. The number of hydrogen-bond donors (Lipinski definition) is 0. The Kier molecular flexibility index (Phi) is 3.72. The third kappa shape index (κ3) is 2.35. The topological polar surface area (TPSA) is 9.23 Å². The zero-order valence-electron chi connectivity index (χ0n) is 10.4. The van der Waals surface area contributed by atoms with Crippen LogP contribution in [0.25, 0.3) is 0 Å². The van der Waals surface area contributed by atoms with Gasteiger partial charge < -0.3 is 4.74 Å². The summed E-state index contributed by atoms with van der Waals surface area (Å²) < 4.78 is 6.17. The van der Waals surface area contributed by atoms with E-state index in [-0.39, 0.29) is 0 Å². The monoisotopic (exact) mass is 284 g/mol. The fourth-order valence-electron chi connectivity index (χ4n) is 3.24. The van der Waals surface area contributed by atoms with Crippen molar-refractivity contribution >= 4 is 23.2 Å². The summed E-state index contributed by atoms with van der Waals surface area (Å²) >= 11 is 12.3. The van der Waals surface area contributed by atoms with Crippen LogP contribution < -0.4 is 4.74 Å². The molecule has 0 radical (unpaired) electrons. The van der Waals surface area contributed by atoms with Crippen LogP contribution in [0, 0.1) is 5.92 Å². The summed E-state index contributed by atoms with van der Waals surface area (Å²) in [5.74, 6) is 1.55. The molecule has 0 saturated heterocycles. The molecule has 0 aromatic heterocycles. The standard InChI is InChI=1S/C15H18Cl2O/c16-12-8-6-11-7-9-13(18-15(11)14(12)17)10-4-2-1-3-5-10/h6,8,10,13H,1-5,7,9H2. The van der Waals surface area contributed by atoms with Crippen molar-refractivity contribution in [1.82, 2.24) is 0 Å². The first-order valence-electron chi connectivity index (χ1n) is 6.89. The molecule has 1 atom stereocenters. The molecular formula is C15H18Cl2O. The van der Waals surface area contributed by atoms with Gasteiger partial charge in [0.1, 0.15) is 16.9 Å². The van der Waals surface area contributed by atoms with E-state index in [0.29, 0.717) is 22.1 Å². The molecule has 0 N–H and O–H groups in total. The van der Waals surface area contributed by atoms with Gasteiger partial charge in [-0.3, -0.25) is 0 Å². The summed E-state index contributed by atoms with van der Waals surface area (Å²) in [7, 11) is 0. The SMILES string of the molecule is Clc1ccc2c(c1Cl)OC(C1CCCCC1)CC2. The molecule has 1 aliphatic heterocycles. The van der Waals surface area contributed by atoms with Gasteiger partial charge in [0.25, 0.3) is 0 Å². The first-order valence-corrected chi connectivity index (χ1v) is 7.65. The first kappa shape index (κ1) is 12.6. The number of rotatable bonds is 1. The van der Waals surface area contributed by atoms with Gasteiger partial charge in [-0.2, -0.15) is 0 Å². The Bertz CT molecular complexity index is 438. The molecule has 1 saturated carbocycles. The van der Waals surface area contributed by atoms with Gasteiger partial charge in [0, 0.05) is 0 Å². The molecule has 1 heterocycles. The van der Waals surface area contributed by atoms with Crippen molar-refractivity contribution in [2.24, 2.45) is 5.92 Å².